The summed E-state index contributed by atoms with van der Waals surface area (Å²) in [7, 11) is 0. The minimum atomic E-state index is 0.391. The minimum Gasteiger partial charge on any atom is -0.371 e. The number of benzene rings is 2. The average Bonchev–Trinajstić information content (AvgIpc) is 2.96. The molecule has 0 aliphatic carbocycles. The van der Waals surface area contributed by atoms with Gasteiger partial charge in [-0.15, -0.1) is 0 Å². The third kappa shape index (κ3) is 2.65. The third-order valence-electron chi connectivity index (χ3n) is 4.96. The van der Waals surface area contributed by atoms with Crippen LogP contribution < -0.4 is 10.6 Å². The molecule has 112 valence electrons. The number of hydrogen-bond acceptors (Lipinski definition) is 2. The second-order valence-corrected chi connectivity index (χ2v) is 7.29. The van der Waals surface area contributed by atoms with Gasteiger partial charge in [0, 0.05) is 30.7 Å². The Morgan fingerprint density at radius 3 is 2.43 bits per heavy atom. The summed E-state index contributed by atoms with van der Waals surface area (Å²) in [4.78, 5) is 2.55. The number of nitrogens with two attached hydrogens (primary N) is 1. The standard InChI is InChI=1S/C19H26N2/c1-19(2,3)15-10-11-21(13-15)18-9-8-14(12-20)16-6-4-5-7-17(16)18/h4-9,15H,10-13,20H2,1-3H3. The summed E-state index contributed by atoms with van der Waals surface area (Å²) < 4.78 is 0. The van der Waals surface area contributed by atoms with Gasteiger partial charge in [0.25, 0.3) is 0 Å². The Kier molecular flexibility index (Phi) is 3.66. The highest BCUT2D eigenvalue weighted by Gasteiger charge is 2.32. The molecule has 1 fully saturated rings. The molecular weight excluding hydrogens is 256 g/mol. The van der Waals surface area contributed by atoms with Gasteiger partial charge < -0.3 is 10.6 Å². The van der Waals surface area contributed by atoms with Crippen LogP contribution in [0.25, 0.3) is 10.8 Å². The molecule has 1 saturated heterocycles. The quantitative estimate of drug-likeness (QED) is 0.895. The predicted molar refractivity (Wildman–Crippen MR) is 91.6 cm³/mol. The monoisotopic (exact) mass is 282 g/mol. The molecule has 2 aromatic carbocycles. The van der Waals surface area contributed by atoms with E-state index in [2.05, 4.69) is 62.1 Å². The van der Waals surface area contributed by atoms with Crippen LogP contribution >= 0.6 is 0 Å². The molecule has 2 heteroatoms. The van der Waals surface area contributed by atoms with E-state index in [1.807, 2.05) is 0 Å². The highest BCUT2D eigenvalue weighted by molar-refractivity contribution is 5.96. The summed E-state index contributed by atoms with van der Waals surface area (Å²) in [5.74, 6) is 0.769. The molecule has 0 spiro atoms. The lowest BCUT2D eigenvalue weighted by atomic mass is 9.80. The maximum Gasteiger partial charge on any atom is 0.0446 e. The van der Waals surface area contributed by atoms with E-state index in [4.69, 9.17) is 5.73 Å². The zero-order valence-electron chi connectivity index (χ0n) is 13.4. The summed E-state index contributed by atoms with van der Waals surface area (Å²) in [6, 6.07) is 13.1. The van der Waals surface area contributed by atoms with Crippen LogP contribution in [-0.4, -0.2) is 13.1 Å². The van der Waals surface area contributed by atoms with Gasteiger partial charge in [-0.25, -0.2) is 0 Å². The molecule has 3 rings (SSSR count). The fourth-order valence-electron chi connectivity index (χ4n) is 3.49. The topological polar surface area (TPSA) is 29.3 Å². The number of anilines is 1. The summed E-state index contributed by atoms with van der Waals surface area (Å²) in [5, 5.41) is 2.65. The smallest absolute Gasteiger partial charge is 0.0446 e. The molecule has 0 aromatic heterocycles. The lowest BCUT2D eigenvalue weighted by Crippen LogP contribution is -2.26. The van der Waals surface area contributed by atoms with E-state index in [1.54, 1.807) is 0 Å². The summed E-state index contributed by atoms with van der Waals surface area (Å²) >= 11 is 0. The van der Waals surface area contributed by atoms with Crippen molar-refractivity contribution in [1.29, 1.82) is 0 Å². The second-order valence-electron chi connectivity index (χ2n) is 7.29. The van der Waals surface area contributed by atoms with Gasteiger partial charge in [-0.05, 0) is 34.8 Å². The van der Waals surface area contributed by atoms with Crippen molar-refractivity contribution in [2.45, 2.75) is 33.7 Å². The summed E-state index contributed by atoms with van der Waals surface area (Å²) in [6.07, 6.45) is 1.29. The Labute approximate surface area is 127 Å². The van der Waals surface area contributed by atoms with E-state index in [0.717, 1.165) is 19.0 Å². The molecule has 21 heavy (non-hydrogen) atoms. The van der Waals surface area contributed by atoms with E-state index in [0.29, 0.717) is 12.0 Å². The van der Waals surface area contributed by atoms with Crippen molar-refractivity contribution in [2.75, 3.05) is 18.0 Å². The molecule has 0 radical (unpaired) electrons. The zero-order valence-corrected chi connectivity index (χ0v) is 13.4. The molecule has 0 saturated carbocycles. The first-order chi connectivity index (χ1) is 10.0. The van der Waals surface area contributed by atoms with Crippen LogP contribution in [0.2, 0.25) is 0 Å². The maximum atomic E-state index is 5.88. The van der Waals surface area contributed by atoms with Gasteiger partial charge >= 0.3 is 0 Å². The Hall–Kier alpha value is -1.54. The third-order valence-corrected chi connectivity index (χ3v) is 4.96. The molecule has 0 amide bonds. The van der Waals surface area contributed by atoms with Gasteiger partial charge in [-0.2, -0.15) is 0 Å². The van der Waals surface area contributed by atoms with Crippen LogP contribution in [0.4, 0.5) is 5.69 Å². The van der Waals surface area contributed by atoms with Crippen molar-refractivity contribution in [1.82, 2.24) is 0 Å². The van der Waals surface area contributed by atoms with E-state index in [9.17, 15) is 0 Å². The largest absolute Gasteiger partial charge is 0.371 e. The van der Waals surface area contributed by atoms with E-state index in [-0.39, 0.29) is 0 Å². The highest BCUT2D eigenvalue weighted by Crippen LogP contribution is 2.38. The molecule has 2 nitrogen and oxygen atoms in total. The van der Waals surface area contributed by atoms with Crippen LogP contribution in [0, 0.1) is 11.3 Å². The first-order valence-corrected chi connectivity index (χ1v) is 7.96. The van der Waals surface area contributed by atoms with Gasteiger partial charge in [-0.1, -0.05) is 51.1 Å². The van der Waals surface area contributed by atoms with Gasteiger partial charge in [0.05, 0.1) is 0 Å². The van der Waals surface area contributed by atoms with Crippen molar-refractivity contribution >= 4 is 16.5 Å². The first-order valence-electron chi connectivity index (χ1n) is 7.96. The van der Waals surface area contributed by atoms with E-state index < -0.39 is 0 Å². The summed E-state index contributed by atoms with van der Waals surface area (Å²) in [6.45, 7) is 10.00. The Morgan fingerprint density at radius 2 is 1.81 bits per heavy atom. The number of nitrogens with zero attached hydrogens (tertiary/aromatic N) is 1. The Bertz CT molecular complexity index is 640. The number of rotatable bonds is 2. The Morgan fingerprint density at radius 1 is 1.10 bits per heavy atom. The molecule has 1 aliphatic rings. The minimum absolute atomic E-state index is 0.391. The second kappa shape index (κ2) is 5.34. The van der Waals surface area contributed by atoms with Crippen LogP contribution in [0.3, 0.4) is 0 Å². The fraction of sp³-hybridized carbons (Fsp3) is 0.474. The zero-order chi connectivity index (χ0) is 15.0. The van der Waals surface area contributed by atoms with Crippen molar-refractivity contribution < 1.29 is 0 Å². The average molecular weight is 282 g/mol. The van der Waals surface area contributed by atoms with Crippen LogP contribution in [0.1, 0.15) is 32.8 Å². The van der Waals surface area contributed by atoms with Crippen molar-refractivity contribution in [3.05, 3.63) is 42.0 Å². The van der Waals surface area contributed by atoms with Crippen LogP contribution in [0.5, 0.6) is 0 Å². The SMILES string of the molecule is CC(C)(C)C1CCN(c2ccc(CN)c3ccccc23)C1. The molecular formula is C19H26N2. The predicted octanol–water partition coefficient (Wildman–Crippen LogP) is 4.17. The molecule has 1 unspecified atom stereocenters. The van der Waals surface area contributed by atoms with Crippen LogP contribution in [-0.2, 0) is 6.54 Å². The van der Waals surface area contributed by atoms with Gasteiger partial charge in [0.2, 0.25) is 0 Å². The van der Waals surface area contributed by atoms with Crippen LogP contribution in [0.15, 0.2) is 36.4 Å². The maximum absolute atomic E-state index is 5.88. The molecule has 1 atom stereocenters. The van der Waals surface area contributed by atoms with Gasteiger partial charge in [0.1, 0.15) is 0 Å². The van der Waals surface area contributed by atoms with E-state index in [1.165, 1.54) is 28.4 Å². The molecule has 1 aliphatic heterocycles. The summed E-state index contributed by atoms with van der Waals surface area (Å²) in [5.41, 5.74) is 8.88. The van der Waals surface area contributed by atoms with Gasteiger partial charge in [0.15, 0.2) is 0 Å². The van der Waals surface area contributed by atoms with Crippen molar-refractivity contribution in [3.63, 3.8) is 0 Å². The lowest BCUT2D eigenvalue weighted by Gasteiger charge is -2.28. The fourth-order valence-corrected chi connectivity index (χ4v) is 3.49. The lowest BCUT2D eigenvalue weighted by molar-refractivity contribution is 0.263. The number of hydrogen-bond donors (Lipinski definition) is 1. The number of fused-ring (bicyclic) bond motifs is 1. The molecule has 0 bridgehead atoms. The highest BCUT2D eigenvalue weighted by atomic mass is 15.2. The molecule has 2 aromatic rings. The normalized spacial score (nSPS) is 19.4. The van der Waals surface area contributed by atoms with Gasteiger partial charge in [-0.3, -0.25) is 0 Å². The molecule has 1 heterocycles. The molecule has 2 N–H and O–H groups in total. The van der Waals surface area contributed by atoms with Crippen molar-refractivity contribution in [3.8, 4) is 0 Å². The van der Waals surface area contributed by atoms with Crippen molar-refractivity contribution in [2.24, 2.45) is 17.1 Å². The first kappa shape index (κ1) is 14.4. The van der Waals surface area contributed by atoms with E-state index >= 15 is 0 Å². The Balaban J connectivity index is 1.99.